The first-order chi connectivity index (χ1) is 11.8. The zero-order valence-electron chi connectivity index (χ0n) is 13.4. The van der Waals surface area contributed by atoms with E-state index in [2.05, 4.69) is 41.2 Å². The molecule has 0 aliphatic carbocycles. The first kappa shape index (κ1) is 14.5. The van der Waals surface area contributed by atoms with Crippen molar-refractivity contribution >= 4 is 11.2 Å². The van der Waals surface area contributed by atoms with Crippen LogP contribution in [0, 0.1) is 6.92 Å². The van der Waals surface area contributed by atoms with Crippen LogP contribution >= 0.6 is 0 Å². The molecule has 0 aliphatic heterocycles. The first-order valence-electron chi connectivity index (χ1n) is 7.87. The van der Waals surface area contributed by atoms with Crippen molar-refractivity contribution in [1.82, 2.24) is 14.5 Å². The highest BCUT2D eigenvalue weighted by molar-refractivity contribution is 5.73. The highest BCUT2D eigenvalue weighted by Gasteiger charge is 2.08. The van der Waals surface area contributed by atoms with E-state index in [0.29, 0.717) is 12.5 Å². The number of aryl methyl sites for hydroxylation is 1. The Labute approximate surface area is 140 Å². The molecule has 0 radical (unpaired) electrons. The Morgan fingerprint density at radius 2 is 1.71 bits per heavy atom. The van der Waals surface area contributed by atoms with Crippen LogP contribution in [0.2, 0.25) is 0 Å². The molecule has 0 bridgehead atoms. The summed E-state index contributed by atoms with van der Waals surface area (Å²) in [4.78, 5) is 9.05. The minimum absolute atomic E-state index is 0.498. The number of benzene rings is 2. The predicted molar refractivity (Wildman–Crippen MR) is 94.4 cm³/mol. The summed E-state index contributed by atoms with van der Waals surface area (Å²) < 4.78 is 7.80. The second kappa shape index (κ2) is 6.16. The summed E-state index contributed by atoms with van der Waals surface area (Å²) in [5.74, 6) is 0.597. The largest absolute Gasteiger partial charge is 0.473 e. The number of hydrogen-bond donors (Lipinski definition) is 0. The lowest BCUT2D eigenvalue weighted by Gasteiger charge is -2.07. The van der Waals surface area contributed by atoms with Gasteiger partial charge in [-0.2, -0.15) is 4.98 Å². The first-order valence-corrected chi connectivity index (χ1v) is 7.87. The summed E-state index contributed by atoms with van der Waals surface area (Å²) in [6, 6.07) is 22.2. The number of pyridine rings is 1. The number of ether oxygens (including phenoxy) is 1. The van der Waals surface area contributed by atoms with Gasteiger partial charge in [-0.25, -0.2) is 4.98 Å². The molecule has 0 N–H and O–H groups in total. The summed E-state index contributed by atoms with van der Waals surface area (Å²) in [5, 5.41) is 0. The summed E-state index contributed by atoms with van der Waals surface area (Å²) >= 11 is 0. The van der Waals surface area contributed by atoms with Gasteiger partial charge in [-0.3, -0.25) is 4.57 Å². The molecular formula is C20H17N3O. The molecule has 24 heavy (non-hydrogen) atoms. The lowest BCUT2D eigenvalue weighted by atomic mass is 10.2. The Kier molecular flexibility index (Phi) is 3.71. The van der Waals surface area contributed by atoms with E-state index in [-0.39, 0.29) is 0 Å². The maximum absolute atomic E-state index is 5.83. The van der Waals surface area contributed by atoms with Crippen LogP contribution in [0.4, 0.5) is 0 Å². The van der Waals surface area contributed by atoms with Gasteiger partial charge in [0.1, 0.15) is 18.5 Å². The normalized spacial score (nSPS) is 10.9. The van der Waals surface area contributed by atoms with Crippen LogP contribution in [-0.4, -0.2) is 14.5 Å². The molecule has 0 spiro atoms. The average molecular weight is 315 g/mol. The Hall–Kier alpha value is -3.14. The Bertz CT molecular complexity index is 959. The quantitative estimate of drug-likeness (QED) is 0.563. The average Bonchev–Trinajstić information content (AvgIpc) is 3.05. The van der Waals surface area contributed by atoms with E-state index in [1.807, 2.05) is 47.0 Å². The Morgan fingerprint density at radius 1 is 0.917 bits per heavy atom. The van der Waals surface area contributed by atoms with Crippen molar-refractivity contribution in [1.29, 1.82) is 0 Å². The highest BCUT2D eigenvalue weighted by Crippen LogP contribution is 2.20. The molecule has 2 aromatic heterocycles. The van der Waals surface area contributed by atoms with Crippen molar-refractivity contribution < 1.29 is 4.74 Å². The standard InChI is InChI=1S/C20H17N3O/c1-15-7-9-17(10-8-15)23-14-21-18-11-12-19(22-20(18)23)24-13-16-5-3-2-4-6-16/h2-12,14H,13H2,1H3. The fraction of sp³-hybridized carbons (Fsp3) is 0.100. The number of rotatable bonds is 4. The third-order valence-corrected chi connectivity index (χ3v) is 3.91. The van der Waals surface area contributed by atoms with Gasteiger partial charge < -0.3 is 4.74 Å². The van der Waals surface area contributed by atoms with E-state index < -0.39 is 0 Å². The van der Waals surface area contributed by atoms with Gasteiger partial charge in [-0.1, -0.05) is 48.0 Å². The van der Waals surface area contributed by atoms with Crippen LogP contribution in [0.3, 0.4) is 0 Å². The van der Waals surface area contributed by atoms with Crippen molar-refractivity contribution in [2.24, 2.45) is 0 Å². The van der Waals surface area contributed by atoms with Crippen molar-refractivity contribution in [2.75, 3.05) is 0 Å². The summed E-state index contributed by atoms with van der Waals surface area (Å²) in [7, 11) is 0. The van der Waals surface area contributed by atoms with Crippen LogP contribution in [0.25, 0.3) is 16.9 Å². The molecule has 0 aliphatic rings. The van der Waals surface area contributed by atoms with Gasteiger partial charge in [-0.15, -0.1) is 0 Å². The zero-order valence-corrected chi connectivity index (χ0v) is 13.4. The predicted octanol–water partition coefficient (Wildman–Crippen LogP) is 4.31. The molecule has 4 nitrogen and oxygen atoms in total. The lowest BCUT2D eigenvalue weighted by Crippen LogP contribution is -1.99. The minimum atomic E-state index is 0.498. The molecule has 0 unspecified atom stereocenters. The molecule has 2 aromatic carbocycles. The Morgan fingerprint density at radius 3 is 2.50 bits per heavy atom. The lowest BCUT2D eigenvalue weighted by molar-refractivity contribution is 0.295. The van der Waals surface area contributed by atoms with Crippen molar-refractivity contribution in [3.8, 4) is 11.6 Å². The van der Waals surface area contributed by atoms with Crippen LogP contribution < -0.4 is 4.74 Å². The number of aromatic nitrogens is 3. The van der Waals surface area contributed by atoms with Crippen LogP contribution in [0.15, 0.2) is 73.1 Å². The fourth-order valence-corrected chi connectivity index (χ4v) is 2.58. The van der Waals surface area contributed by atoms with E-state index in [9.17, 15) is 0 Å². The maximum atomic E-state index is 5.83. The highest BCUT2D eigenvalue weighted by atomic mass is 16.5. The summed E-state index contributed by atoms with van der Waals surface area (Å²) in [6.07, 6.45) is 1.79. The molecule has 118 valence electrons. The molecule has 2 heterocycles. The van der Waals surface area contributed by atoms with Gasteiger partial charge in [0.05, 0.1) is 0 Å². The van der Waals surface area contributed by atoms with Crippen molar-refractivity contribution in [2.45, 2.75) is 13.5 Å². The number of hydrogen-bond acceptors (Lipinski definition) is 3. The van der Waals surface area contributed by atoms with Gasteiger partial charge in [0, 0.05) is 11.8 Å². The van der Waals surface area contributed by atoms with Gasteiger partial charge in [-0.05, 0) is 30.7 Å². The molecule has 0 amide bonds. The molecule has 4 heteroatoms. The van der Waals surface area contributed by atoms with Gasteiger partial charge in [0.2, 0.25) is 5.88 Å². The van der Waals surface area contributed by atoms with Crippen molar-refractivity contribution in [3.63, 3.8) is 0 Å². The smallest absolute Gasteiger partial charge is 0.215 e. The monoisotopic (exact) mass is 315 g/mol. The molecular weight excluding hydrogens is 298 g/mol. The second-order valence-electron chi connectivity index (χ2n) is 5.72. The number of fused-ring (bicyclic) bond motifs is 1. The summed E-state index contributed by atoms with van der Waals surface area (Å²) in [6.45, 7) is 2.57. The molecule has 0 saturated carbocycles. The molecule has 0 fully saturated rings. The third kappa shape index (κ3) is 2.86. The van der Waals surface area contributed by atoms with Gasteiger partial charge in [0.25, 0.3) is 0 Å². The summed E-state index contributed by atoms with van der Waals surface area (Å²) in [5.41, 5.74) is 5.03. The molecule has 0 atom stereocenters. The van der Waals surface area contributed by atoms with Crippen LogP contribution in [-0.2, 0) is 6.61 Å². The minimum Gasteiger partial charge on any atom is -0.473 e. The van der Waals surface area contributed by atoms with E-state index >= 15 is 0 Å². The second-order valence-corrected chi connectivity index (χ2v) is 5.72. The molecule has 4 aromatic rings. The van der Waals surface area contributed by atoms with Crippen LogP contribution in [0.1, 0.15) is 11.1 Å². The topological polar surface area (TPSA) is 39.9 Å². The van der Waals surface area contributed by atoms with E-state index in [4.69, 9.17) is 4.74 Å². The van der Waals surface area contributed by atoms with Gasteiger partial charge >= 0.3 is 0 Å². The maximum Gasteiger partial charge on any atom is 0.215 e. The van der Waals surface area contributed by atoms with E-state index in [1.54, 1.807) is 6.33 Å². The van der Waals surface area contributed by atoms with Gasteiger partial charge in [0.15, 0.2) is 5.65 Å². The van der Waals surface area contributed by atoms with Crippen molar-refractivity contribution in [3.05, 3.63) is 84.2 Å². The fourth-order valence-electron chi connectivity index (χ4n) is 2.58. The third-order valence-electron chi connectivity index (χ3n) is 3.91. The van der Waals surface area contributed by atoms with Crippen LogP contribution in [0.5, 0.6) is 5.88 Å². The zero-order chi connectivity index (χ0) is 16.4. The Balaban J connectivity index is 1.64. The SMILES string of the molecule is Cc1ccc(-n2cnc3ccc(OCc4ccccc4)nc32)cc1. The number of nitrogens with zero attached hydrogens (tertiary/aromatic N) is 3. The van der Waals surface area contributed by atoms with E-state index in [0.717, 1.165) is 22.4 Å². The molecule has 0 saturated heterocycles. The molecule has 4 rings (SSSR count). The number of imidazole rings is 1. The van der Waals surface area contributed by atoms with E-state index in [1.165, 1.54) is 5.56 Å².